The normalized spacial score (nSPS) is 25.9. The number of hydrogen-bond donors (Lipinski definition) is 1. The highest BCUT2D eigenvalue weighted by Gasteiger charge is 2.31. The zero-order valence-corrected chi connectivity index (χ0v) is 12.9. The van der Waals surface area contributed by atoms with E-state index in [-0.39, 0.29) is 0 Å². The largest absolute Gasteiger partial charge is 0.358 e. The molecular weight excluding hydrogens is 264 g/mol. The maximum Gasteiger partial charge on any atom is 0.169 e. The first-order valence-electron chi connectivity index (χ1n) is 7.89. The molecular formula is C17H24N2S. The van der Waals surface area contributed by atoms with Crippen LogP contribution in [0.4, 0.5) is 0 Å². The number of fused-ring (bicyclic) bond motifs is 1. The molecule has 1 N–H and O–H groups in total. The van der Waals surface area contributed by atoms with Crippen LogP contribution in [-0.4, -0.2) is 23.1 Å². The Morgan fingerprint density at radius 1 is 1.10 bits per heavy atom. The molecule has 20 heavy (non-hydrogen) atoms. The van der Waals surface area contributed by atoms with Crippen molar-refractivity contribution in [3.05, 3.63) is 35.9 Å². The summed E-state index contributed by atoms with van der Waals surface area (Å²) < 4.78 is 0. The van der Waals surface area contributed by atoms with Crippen LogP contribution in [0.3, 0.4) is 0 Å². The molecule has 1 saturated heterocycles. The molecule has 0 aromatic heterocycles. The maximum absolute atomic E-state index is 5.58. The van der Waals surface area contributed by atoms with Gasteiger partial charge in [0.25, 0.3) is 0 Å². The Morgan fingerprint density at radius 2 is 1.85 bits per heavy atom. The van der Waals surface area contributed by atoms with Crippen LogP contribution >= 0.6 is 12.2 Å². The predicted molar refractivity (Wildman–Crippen MR) is 87.5 cm³/mol. The monoisotopic (exact) mass is 288 g/mol. The zero-order chi connectivity index (χ0) is 13.8. The Bertz CT molecular complexity index is 446. The SMILES string of the molecule is S=C(NCc1ccccc1)N1CC[C@@H]2CCCC[C@@H]2C1. The van der Waals surface area contributed by atoms with Crippen LogP contribution in [0.1, 0.15) is 37.7 Å². The van der Waals surface area contributed by atoms with Gasteiger partial charge in [-0.25, -0.2) is 0 Å². The van der Waals surface area contributed by atoms with Crippen molar-refractivity contribution in [2.24, 2.45) is 11.8 Å². The highest BCUT2D eigenvalue weighted by Crippen LogP contribution is 2.35. The lowest BCUT2D eigenvalue weighted by Gasteiger charge is -2.42. The molecule has 0 radical (unpaired) electrons. The molecule has 2 nitrogen and oxygen atoms in total. The lowest BCUT2D eigenvalue weighted by Crippen LogP contribution is -2.48. The first kappa shape index (κ1) is 13.9. The van der Waals surface area contributed by atoms with Gasteiger partial charge in [0.2, 0.25) is 0 Å². The van der Waals surface area contributed by atoms with Crippen molar-refractivity contribution >= 4 is 17.3 Å². The Balaban J connectivity index is 1.50. The second-order valence-corrected chi connectivity index (χ2v) is 6.57. The van der Waals surface area contributed by atoms with Gasteiger partial charge >= 0.3 is 0 Å². The van der Waals surface area contributed by atoms with Gasteiger partial charge < -0.3 is 10.2 Å². The third-order valence-electron chi connectivity index (χ3n) is 4.86. The lowest BCUT2D eigenvalue weighted by atomic mass is 9.75. The van der Waals surface area contributed by atoms with Gasteiger partial charge in [-0.2, -0.15) is 0 Å². The Morgan fingerprint density at radius 3 is 2.65 bits per heavy atom. The van der Waals surface area contributed by atoms with Gasteiger partial charge in [0.05, 0.1) is 0 Å². The van der Waals surface area contributed by atoms with E-state index in [2.05, 4.69) is 40.5 Å². The molecule has 2 fully saturated rings. The molecule has 3 rings (SSSR count). The van der Waals surface area contributed by atoms with E-state index in [9.17, 15) is 0 Å². The number of hydrogen-bond acceptors (Lipinski definition) is 1. The van der Waals surface area contributed by atoms with Crippen LogP contribution in [0.5, 0.6) is 0 Å². The van der Waals surface area contributed by atoms with Gasteiger partial charge in [0, 0.05) is 19.6 Å². The number of rotatable bonds is 2. The van der Waals surface area contributed by atoms with Crippen molar-refractivity contribution in [2.45, 2.75) is 38.6 Å². The molecule has 0 spiro atoms. The number of nitrogens with zero attached hydrogens (tertiary/aromatic N) is 1. The van der Waals surface area contributed by atoms with Crippen molar-refractivity contribution < 1.29 is 0 Å². The quantitative estimate of drug-likeness (QED) is 0.838. The number of thiocarbonyl (C=S) groups is 1. The van der Waals surface area contributed by atoms with Crippen LogP contribution in [0.2, 0.25) is 0 Å². The van der Waals surface area contributed by atoms with Crippen LogP contribution in [0, 0.1) is 11.8 Å². The number of benzene rings is 1. The third kappa shape index (κ3) is 3.32. The van der Waals surface area contributed by atoms with Crippen LogP contribution in [0.15, 0.2) is 30.3 Å². The van der Waals surface area contributed by atoms with E-state index >= 15 is 0 Å². The topological polar surface area (TPSA) is 15.3 Å². The average Bonchev–Trinajstić information content (AvgIpc) is 2.53. The number of piperidine rings is 1. The summed E-state index contributed by atoms with van der Waals surface area (Å²) in [6.45, 7) is 3.15. The highest BCUT2D eigenvalue weighted by atomic mass is 32.1. The van der Waals surface area contributed by atoms with E-state index in [1.54, 1.807) is 0 Å². The molecule has 1 saturated carbocycles. The summed E-state index contributed by atoms with van der Waals surface area (Å²) in [5.74, 6) is 1.85. The molecule has 1 aromatic rings. The Hall–Kier alpha value is -1.09. The second kappa shape index (κ2) is 6.57. The van der Waals surface area contributed by atoms with Gasteiger partial charge in [-0.1, -0.05) is 49.6 Å². The van der Waals surface area contributed by atoms with Crippen molar-refractivity contribution in [1.82, 2.24) is 10.2 Å². The van der Waals surface area contributed by atoms with E-state index in [1.165, 1.54) is 44.2 Å². The predicted octanol–water partition coefficient (Wildman–Crippen LogP) is 3.57. The molecule has 1 aliphatic carbocycles. The molecule has 0 amide bonds. The fourth-order valence-electron chi connectivity index (χ4n) is 3.67. The molecule has 1 aromatic carbocycles. The minimum Gasteiger partial charge on any atom is -0.358 e. The fraction of sp³-hybridized carbons (Fsp3) is 0.588. The molecule has 2 atom stereocenters. The van der Waals surface area contributed by atoms with E-state index in [4.69, 9.17) is 12.2 Å². The maximum atomic E-state index is 5.58. The second-order valence-electron chi connectivity index (χ2n) is 6.18. The molecule has 1 aliphatic heterocycles. The zero-order valence-electron chi connectivity index (χ0n) is 12.1. The first-order valence-corrected chi connectivity index (χ1v) is 8.30. The smallest absolute Gasteiger partial charge is 0.169 e. The minimum atomic E-state index is 0.838. The minimum absolute atomic E-state index is 0.838. The average molecular weight is 288 g/mol. The summed E-state index contributed by atoms with van der Waals surface area (Å²) in [6, 6.07) is 10.5. The molecule has 108 valence electrons. The fourth-order valence-corrected chi connectivity index (χ4v) is 3.91. The number of nitrogens with one attached hydrogen (secondary N) is 1. The van der Waals surface area contributed by atoms with Crippen LogP contribution in [0.25, 0.3) is 0 Å². The van der Waals surface area contributed by atoms with Gasteiger partial charge in [-0.3, -0.25) is 0 Å². The molecule has 0 bridgehead atoms. The van der Waals surface area contributed by atoms with E-state index in [1.807, 2.05) is 0 Å². The summed E-state index contributed by atoms with van der Waals surface area (Å²) in [6.07, 6.45) is 7.04. The number of likely N-dealkylation sites (tertiary alicyclic amines) is 1. The summed E-state index contributed by atoms with van der Waals surface area (Å²) in [5, 5.41) is 4.36. The molecule has 2 aliphatic rings. The van der Waals surface area contributed by atoms with Crippen LogP contribution < -0.4 is 5.32 Å². The standard InChI is InChI=1S/C17H24N2S/c20-17(18-12-14-6-2-1-3-7-14)19-11-10-15-8-4-5-9-16(15)13-19/h1-3,6-7,15-16H,4-5,8-13H2,(H,18,20)/t15-,16+/m0/s1. The Labute approximate surface area is 127 Å². The summed E-state index contributed by atoms with van der Waals surface area (Å²) in [4.78, 5) is 2.39. The van der Waals surface area contributed by atoms with Gasteiger partial charge in [-0.15, -0.1) is 0 Å². The van der Waals surface area contributed by atoms with Gasteiger partial charge in [0.15, 0.2) is 5.11 Å². The van der Waals surface area contributed by atoms with E-state index in [0.717, 1.165) is 30.0 Å². The molecule has 3 heteroatoms. The van der Waals surface area contributed by atoms with Crippen molar-refractivity contribution in [3.8, 4) is 0 Å². The van der Waals surface area contributed by atoms with Gasteiger partial charge in [-0.05, 0) is 42.5 Å². The van der Waals surface area contributed by atoms with E-state index < -0.39 is 0 Å². The van der Waals surface area contributed by atoms with Crippen molar-refractivity contribution in [2.75, 3.05) is 13.1 Å². The summed E-state index contributed by atoms with van der Waals surface area (Å²) in [7, 11) is 0. The first-order chi connectivity index (χ1) is 9.83. The lowest BCUT2D eigenvalue weighted by molar-refractivity contribution is 0.129. The third-order valence-corrected chi connectivity index (χ3v) is 5.27. The van der Waals surface area contributed by atoms with E-state index in [0.29, 0.717) is 0 Å². The molecule has 0 unspecified atom stereocenters. The van der Waals surface area contributed by atoms with Crippen molar-refractivity contribution in [1.29, 1.82) is 0 Å². The molecule has 1 heterocycles. The highest BCUT2D eigenvalue weighted by molar-refractivity contribution is 7.80. The summed E-state index contributed by atoms with van der Waals surface area (Å²) in [5.41, 5.74) is 1.29. The van der Waals surface area contributed by atoms with Crippen LogP contribution in [-0.2, 0) is 6.54 Å². The van der Waals surface area contributed by atoms with Gasteiger partial charge in [0.1, 0.15) is 0 Å². The van der Waals surface area contributed by atoms with Crippen molar-refractivity contribution in [3.63, 3.8) is 0 Å². The Kier molecular flexibility index (Phi) is 4.56. The summed E-state index contributed by atoms with van der Waals surface area (Å²) >= 11 is 5.58.